The number of fused-ring (bicyclic) bond motifs is 1. The summed E-state index contributed by atoms with van der Waals surface area (Å²) >= 11 is 3.45. The molecule has 3 rings (SSSR count). The Morgan fingerprint density at radius 2 is 2.38 bits per heavy atom. The molecule has 1 aromatic carbocycles. The Kier molecular flexibility index (Phi) is 2.57. The molecule has 0 aliphatic carbocycles. The van der Waals surface area contributed by atoms with Crippen molar-refractivity contribution in [2.24, 2.45) is 0 Å². The van der Waals surface area contributed by atoms with E-state index in [1.807, 2.05) is 18.2 Å². The lowest BCUT2D eigenvalue weighted by Crippen LogP contribution is -2.19. The quantitative estimate of drug-likeness (QED) is 0.886. The highest BCUT2D eigenvalue weighted by molar-refractivity contribution is 9.10. The monoisotopic (exact) mass is 281 g/mol. The lowest BCUT2D eigenvalue weighted by Gasteiger charge is -2.09. The van der Waals surface area contributed by atoms with Crippen molar-refractivity contribution in [2.45, 2.75) is 12.5 Å². The molecular weight excluding hydrogens is 270 g/mol. The van der Waals surface area contributed by atoms with Crippen molar-refractivity contribution >= 4 is 26.8 Å². The highest BCUT2D eigenvalue weighted by Gasteiger charge is 2.18. The Bertz CT molecular complexity index is 505. The van der Waals surface area contributed by atoms with Gasteiger partial charge in [-0.1, -0.05) is 15.9 Å². The van der Waals surface area contributed by atoms with E-state index in [0.29, 0.717) is 5.88 Å². The second kappa shape index (κ2) is 4.07. The van der Waals surface area contributed by atoms with E-state index in [1.54, 1.807) is 0 Å². The molecule has 5 heteroatoms. The average molecular weight is 282 g/mol. The first-order chi connectivity index (χ1) is 7.83. The molecular formula is C11H12BrN3O. The molecule has 0 amide bonds. The highest BCUT2D eigenvalue weighted by atomic mass is 79.9. The summed E-state index contributed by atoms with van der Waals surface area (Å²) in [5.74, 6) is 0.699. The molecule has 0 saturated carbocycles. The van der Waals surface area contributed by atoms with Crippen LogP contribution in [0.5, 0.6) is 5.88 Å². The minimum absolute atomic E-state index is 0.241. The minimum Gasteiger partial charge on any atom is -0.471 e. The Morgan fingerprint density at radius 1 is 1.44 bits per heavy atom. The van der Waals surface area contributed by atoms with Gasteiger partial charge in [-0.3, -0.25) is 5.10 Å². The van der Waals surface area contributed by atoms with Crippen molar-refractivity contribution < 1.29 is 4.74 Å². The molecule has 84 valence electrons. The fourth-order valence-corrected chi connectivity index (χ4v) is 2.30. The van der Waals surface area contributed by atoms with E-state index in [1.165, 1.54) is 0 Å². The average Bonchev–Trinajstić information content (AvgIpc) is 2.90. The van der Waals surface area contributed by atoms with Crippen LogP contribution >= 0.6 is 15.9 Å². The van der Waals surface area contributed by atoms with E-state index in [-0.39, 0.29) is 6.10 Å². The van der Waals surface area contributed by atoms with Gasteiger partial charge in [0.2, 0.25) is 5.88 Å². The van der Waals surface area contributed by atoms with Crippen LogP contribution in [0.25, 0.3) is 10.9 Å². The van der Waals surface area contributed by atoms with Gasteiger partial charge in [-0.15, -0.1) is 5.10 Å². The van der Waals surface area contributed by atoms with Crippen LogP contribution < -0.4 is 10.1 Å². The highest BCUT2D eigenvalue weighted by Crippen LogP contribution is 2.27. The van der Waals surface area contributed by atoms with E-state index in [2.05, 4.69) is 31.4 Å². The Balaban J connectivity index is 1.93. The van der Waals surface area contributed by atoms with E-state index in [4.69, 9.17) is 4.74 Å². The van der Waals surface area contributed by atoms with Crippen LogP contribution in [0.2, 0.25) is 0 Å². The van der Waals surface area contributed by atoms with Crippen LogP contribution in [0.4, 0.5) is 0 Å². The van der Waals surface area contributed by atoms with Crippen molar-refractivity contribution in [3.05, 3.63) is 22.7 Å². The summed E-state index contributed by atoms with van der Waals surface area (Å²) < 4.78 is 6.90. The van der Waals surface area contributed by atoms with Crippen LogP contribution in [0, 0.1) is 0 Å². The number of hydrogen-bond donors (Lipinski definition) is 2. The SMILES string of the molecule is Brc1ccc2[nH]nc(OC3CCNC3)c2c1. The maximum absolute atomic E-state index is 5.86. The van der Waals surface area contributed by atoms with E-state index >= 15 is 0 Å². The van der Waals surface area contributed by atoms with Crippen molar-refractivity contribution in [3.63, 3.8) is 0 Å². The number of aromatic amines is 1. The first kappa shape index (κ1) is 10.1. The second-order valence-electron chi connectivity index (χ2n) is 3.95. The third-order valence-electron chi connectivity index (χ3n) is 2.78. The van der Waals surface area contributed by atoms with Gasteiger partial charge in [0.15, 0.2) is 0 Å². The largest absolute Gasteiger partial charge is 0.471 e. The summed E-state index contributed by atoms with van der Waals surface area (Å²) in [6.45, 7) is 1.93. The number of rotatable bonds is 2. The van der Waals surface area contributed by atoms with Crippen LogP contribution in [0.15, 0.2) is 22.7 Å². The first-order valence-electron chi connectivity index (χ1n) is 5.34. The van der Waals surface area contributed by atoms with Gasteiger partial charge in [0.1, 0.15) is 6.10 Å². The topological polar surface area (TPSA) is 49.9 Å². The van der Waals surface area contributed by atoms with Gasteiger partial charge in [-0.25, -0.2) is 0 Å². The van der Waals surface area contributed by atoms with Crippen LogP contribution in [0.3, 0.4) is 0 Å². The van der Waals surface area contributed by atoms with Crippen LogP contribution in [-0.4, -0.2) is 29.4 Å². The van der Waals surface area contributed by atoms with Crippen LogP contribution in [-0.2, 0) is 0 Å². The smallest absolute Gasteiger partial charge is 0.240 e. The second-order valence-corrected chi connectivity index (χ2v) is 4.87. The molecule has 16 heavy (non-hydrogen) atoms. The summed E-state index contributed by atoms with van der Waals surface area (Å²) in [7, 11) is 0. The molecule has 1 atom stereocenters. The molecule has 0 spiro atoms. The third kappa shape index (κ3) is 1.81. The Labute approximate surface area is 101 Å². The third-order valence-corrected chi connectivity index (χ3v) is 3.28. The standard InChI is InChI=1S/C11H12BrN3O/c12-7-1-2-10-9(5-7)11(15-14-10)16-8-3-4-13-6-8/h1-2,5,8,13H,3-4,6H2,(H,14,15). The molecule has 2 N–H and O–H groups in total. The zero-order chi connectivity index (χ0) is 11.0. The van der Waals surface area contributed by atoms with Crippen molar-refractivity contribution in [1.82, 2.24) is 15.5 Å². The molecule has 1 aliphatic rings. The van der Waals surface area contributed by atoms with Gasteiger partial charge in [-0.05, 0) is 31.2 Å². The summed E-state index contributed by atoms with van der Waals surface area (Å²) in [4.78, 5) is 0. The number of nitrogens with one attached hydrogen (secondary N) is 2. The summed E-state index contributed by atoms with van der Waals surface area (Å²) in [6.07, 6.45) is 1.29. The molecule has 0 bridgehead atoms. The summed E-state index contributed by atoms with van der Waals surface area (Å²) in [5, 5.41) is 11.5. The number of benzene rings is 1. The number of halogens is 1. The zero-order valence-electron chi connectivity index (χ0n) is 8.66. The molecule has 1 aromatic heterocycles. The van der Waals surface area contributed by atoms with Crippen molar-refractivity contribution in [3.8, 4) is 5.88 Å². The van der Waals surface area contributed by atoms with Crippen molar-refractivity contribution in [1.29, 1.82) is 0 Å². The minimum atomic E-state index is 0.241. The number of aromatic nitrogens is 2. The van der Waals surface area contributed by atoms with Gasteiger partial charge >= 0.3 is 0 Å². The maximum atomic E-state index is 5.86. The predicted octanol–water partition coefficient (Wildman–Crippen LogP) is 2.07. The number of hydrogen-bond acceptors (Lipinski definition) is 3. The lowest BCUT2D eigenvalue weighted by atomic mass is 10.2. The lowest BCUT2D eigenvalue weighted by molar-refractivity contribution is 0.216. The van der Waals surface area contributed by atoms with Gasteiger partial charge < -0.3 is 10.1 Å². The molecule has 1 fully saturated rings. The summed E-state index contributed by atoms with van der Waals surface area (Å²) in [6, 6.07) is 6.00. The molecule has 1 unspecified atom stereocenters. The predicted molar refractivity (Wildman–Crippen MR) is 65.7 cm³/mol. The normalized spacial score (nSPS) is 20.4. The molecule has 0 radical (unpaired) electrons. The molecule has 1 saturated heterocycles. The van der Waals surface area contributed by atoms with E-state index < -0.39 is 0 Å². The molecule has 1 aliphatic heterocycles. The van der Waals surface area contributed by atoms with Gasteiger partial charge in [0.05, 0.1) is 10.9 Å². The Morgan fingerprint density at radius 3 is 3.19 bits per heavy atom. The zero-order valence-corrected chi connectivity index (χ0v) is 10.3. The van der Waals surface area contributed by atoms with E-state index in [9.17, 15) is 0 Å². The fraction of sp³-hybridized carbons (Fsp3) is 0.364. The van der Waals surface area contributed by atoms with Crippen LogP contribution in [0.1, 0.15) is 6.42 Å². The van der Waals surface area contributed by atoms with Crippen molar-refractivity contribution in [2.75, 3.05) is 13.1 Å². The summed E-state index contributed by atoms with van der Waals surface area (Å²) in [5.41, 5.74) is 1.00. The number of H-pyrrole nitrogens is 1. The number of nitrogens with zero attached hydrogens (tertiary/aromatic N) is 1. The van der Waals surface area contributed by atoms with E-state index in [0.717, 1.165) is 34.9 Å². The number of ether oxygens (including phenoxy) is 1. The van der Waals surface area contributed by atoms with Gasteiger partial charge in [0.25, 0.3) is 0 Å². The molecule has 2 aromatic rings. The Hall–Kier alpha value is -1.07. The molecule has 4 nitrogen and oxygen atoms in total. The van der Waals surface area contributed by atoms with Gasteiger partial charge in [-0.2, -0.15) is 0 Å². The fourth-order valence-electron chi connectivity index (χ4n) is 1.94. The molecule has 2 heterocycles. The maximum Gasteiger partial charge on any atom is 0.240 e. The first-order valence-corrected chi connectivity index (χ1v) is 6.13. The van der Waals surface area contributed by atoms with Gasteiger partial charge in [0, 0.05) is 11.0 Å².